The smallest absolute Gasteiger partial charge is 0.243 e. The van der Waals surface area contributed by atoms with Gasteiger partial charge >= 0.3 is 0 Å². The van der Waals surface area contributed by atoms with E-state index in [9.17, 15) is 4.79 Å². The minimum Gasteiger partial charge on any atom is -0.446 e. The molecule has 0 saturated carbocycles. The lowest BCUT2D eigenvalue weighted by Crippen LogP contribution is -2.25. The summed E-state index contributed by atoms with van der Waals surface area (Å²) in [6, 6.07) is 14.8. The molecule has 0 saturated heterocycles. The molecule has 1 amide bonds. The molecule has 3 rings (SSSR count). The Labute approximate surface area is 141 Å². The van der Waals surface area contributed by atoms with Crippen molar-refractivity contribution in [2.75, 3.05) is 0 Å². The van der Waals surface area contributed by atoms with Crippen LogP contribution in [0.25, 0.3) is 0 Å². The average molecular weight is 380 g/mol. The van der Waals surface area contributed by atoms with Crippen LogP contribution >= 0.6 is 27.5 Å². The van der Waals surface area contributed by atoms with Crippen molar-refractivity contribution in [3.8, 4) is 0 Å². The minimum atomic E-state index is -0.602. The molecule has 0 aromatic heterocycles. The van der Waals surface area contributed by atoms with Crippen molar-refractivity contribution in [3.05, 3.63) is 69.2 Å². The van der Waals surface area contributed by atoms with Gasteiger partial charge in [0.05, 0.1) is 0 Å². The average Bonchev–Trinajstić information content (AvgIpc) is 2.93. The first kappa shape index (κ1) is 15.1. The Bertz CT molecular complexity index is 746. The van der Waals surface area contributed by atoms with E-state index in [4.69, 9.17) is 16.3 Å². The summed E-state index contributed by atoms with van der Waals surface area (Å²) in [5, 5.41) is 6.20. The lowest BCUT2D eigenvalue weighted by atomic mass is 10.2. The molecule has 2 aromatic carbocycles. The van der Waals surface area contributed by atoms with Gasteiger partial charge in [-0.25, -0.2) is 0 Å². The lowest BCUT2D eigenvalue weighted by molar-refractivity contribution is -0.135. The van der Waals surface area contributed by atoms with Crippen molar-refractivity contribution >= 4 is 39.3 Å². The summed E-state index contributed by atoms with van der Waals surface area (Å²) in [4.78, 5) is 11.8. The van der Waals surface area contributed by atoms with Gasteiger partial charge in [0.1, 0.15) is 0 Å². The molecule has 0 bridgehead atoms. The maximum Gasteiger partial charge on any atom is 0.243 e. The fourth-order valence-electron chi connectivity index (χ4n) is 2.15. The molecule has 6 heteroatoms. The number of nitrogens with zero attached hydrogens (tertiary/aromatic N) is 2. The normalized spacial score (nSPS) is 17.1. The highest BCUT2D eigenvalue weighted by molar-refractivity contribution is 9.10. The van der Waals surface area contributed by atoms with Crippen molar-refractivity contribution in [3.63, 3.8) is 0 Å². The van der Waals surface area contributed by atoms with Crippen molar-refractivity contribution in [1.82, 2.24) is 5.01 Å². The minimum absolute atomic E-state index is 0.197. The van der Waals surface area contributed by atoms with E-state index in [0.717, 1.165) is 15.6 Å². The highest BCUT2D eigenvalue weighted by atomic mass is 79.9. The molecular formula is C16H12BrClN2O2. The summed E-state index contributed by atoms with van der Waals surface area (Å²) < 4.78 is 6.85. The molecule has 0 N–H and O–H groups in total. The second kappa shape index (κ2) is 6.10. The molecule has 4 nitrogen and oxygen atoms in total. The van der Waals surface area contributed by atoms with Crippen molar-refractivity contribution in [1.29, 1.82) is 0 Å². The topological polar surface area (TPSA) is 41.9 Å². The Kier molecular flexibility index (Phi) is 4.18. The van der Waals surface area contributed by atoms with Gasteiger partial charge in [-0.3, -0.25) is 4.79 Å². The van der Waals surface area contributed by atoms with E-state index in [1.807, 2.05) is 36.4 Å². The van der Waals surface area contributed by atoms with Gasteiger partial charge in [-0.15, -0.1) is 5.10 Å². The zero-order chi connectivity index (χ0) is 15.7. The zero-order valence-corrected chi connectivity index (χ0v) is 14.0. The third-order valence-corrected chi connectivity index (χ3v) is 3.96. The highest BCUT2D eigenvalue weighted by Gasteiger charge is 2.33. The van der Waals surface area contributed by atoms with E-state index >= 15 is 0 Å². The third kappa shape index (κ3) is 3.00. The zero-order valence-electron chi connectivity index (χ0n) is 11.7. The number of benzene rings is 2. The summed E-state index contributed by atoms with van der Waals surface area (Å²) in [5.41, 5.74) is 1.58. The quantitative estimate of drug-likeness (QED) is 0.779. The van der Waals surface area contributed by atoms with Crippen LogP contribution in [0.5, 0.6) is 0 Å². The van der Waals surface area contributed by atoms with Crippen LogP contribution in [0, 0.1) is 0 Å². The van der Waals surface area contributed by atoms with E-state index < -0.39 is 6.23 Å². The van der Waals surface area contributed by atoms with Gasteiger partial charge in [0.25, 0.3) is 0 Å². The van der Waals surface area contributed by atoms with E-state index in [-0.39, 0.29) is 5.91 Å². The van der Waals surface area contributed by atoms with Crippen molar-refractivity contribution < 1.29 is 9.53 Å². The molecule has 0 spiro atoms. The van der Waals surface area contributed by atoms with Crippen LogP contribution in [0.3, 0.4) is 0 Å². The Hall–Kier alpha value is -1.85. The number of carbonyl (C=O) groups is 1. The molecule has 0 radical (unpaired) electrons. The van der Waals surface area contributed by atoms with E-state index in [1.165, 1.54) is 11.9 Å². The number of hydrazone groups is 1. The molecule has 22 heavy (non-hydrogen) atoms. The van der Waals surface area contributed by atoms with Gasteiger partial charge in [-0.1, -0.05) is 39.7 Å². The second-order valence-electron chi connectivity index (χ2n) is 4.80. The lowest BCUT2D eigenvalue weighted by Gasteiger charge is -2.19. The molecule has 2 aromatic rings. The Morgan fingerprint density at radius 3 is 2.64 bits per heavy atom. The molecule has 1 atom stereocenters. The van der Waals surface area contributed by atoms with Gasteiger partial charge in [-0.05, 0) is 36.4 Å². The van der Waals surface area contributed by atoms with Crippen LogP contribution in [-0.4, -0.2) is 16.8 Å². The predicted octanol–water partition coefficient (Wildman–Crippen LogP) is 4.34. The number of rotatable bonds is 2. The van der Waals surface area contributed by atoms with Crippen molar-refractivity contribution in [2.24, 2.45) is 5.10 Å². The number of hydrogen-bond donors (Lipinski definition) is 0. The number of carbonyl (C=O) groups excluding carboxylic acids is 1. The van der Waals surface area contributed by atoms with Gasteiger partial charge in [-0.2, -0.15) is 5.01 Å². The number of hydrogen-bond acceptors (Lipinski definition) is 3. The summed E-state index contributed by atoms with van der Waals surface area (Å²) >= 11 is 9.41. The first-order chi connectivity index (χ1) is 10.5. The van der Waals surface area contributed by atoms with E-state index in [0.29, 0.717) is 10.9 Å². The van der Waals surface area contributed by atoms with E-state index in [1.54, 1.807) is 12.1 Å². The largest absolute Gasteiger partial charge is 0.446 e. The highest BCUT2D eigenvalue weighted by Crippen LogP contribution is 2.31. The maximum atomic E-state index is 11.8. The molecule has 112 valence electrons. The summed E-state index contributed by atoms with van der Waals surface area (Å²) in [6.07, 6.45) is -0.602. The second-order valence-corrected chi connectivity index (χ2v) is 6.15. The van der Waals surface area contributed by atoms with Crippen LogP contribution in [0.1, 0.15) is 24.3 Å². The molecule has 0 fully saturated rings. The fourth-order valence-corrected chi connectivity index (χ4v) is 2.62. The first-order valence-electron chi connectivity index (χ1n) is 6.61. The van der Waals surface area contributed by atoms with Crippen LogP contribution < -0.4 is 0 Å². The SMILES string of the molecule is CC(=O)N1N=C(c2ccc(Br)cc2)O[C@H]1c1cccc(Cl)c1. The van der Waals surface area contributed by atoms with Gasteiger partial charge in [0, 0.05) is 27.5 Å². The maximum absolute atomic E-state index is 11.8. The number of halogens is 2. The van der Waals surface area contributed by atoms with Gasteiger partial charge in [0.15, 0.2) is 0 Å². The Morgan fingerprint density at radius 2 is 2.00 bits per heavy atom. The van der Waals surface area contributed by atoms with Crippen molar-refractivity contribution in [2.45, 2.75) is 13.2 Å². The van der Waals surface area contributed by atoms with E-state index in [2.05, 4.69) is 21.0 Å². The van der Waals surface area contributed by atoms with Crippen LogP contribution in [0.4, 0.5) is 0 Å². The van der Waals surface area contributed by atoms with Crippen LogP contribution in [0.2, 0.25) is 5.02 Å². The number of amides is 1. The molecular weight excluding hydrogens is 368 g/mol. The molecule has 0 aliphatic carbocycles. The summed E-state index contributed by atoms with van der Waals surface area (Å²) in [5.74, 6) is 0.213. The monoisotopic (exact) mass is 378 g/mol. The Balaban J connectivity index is 1.94. The number of ether oxygens (including phenoxy) is 1. The predicted molar refractivity (Wildman–Crippen MR) is 88.5 cm³/mol. The van der Waals surface area contributed by atoms with Gasteiger partial charge in [0.2, 0.25) is 18.0 Å². The fraction of sp³-hybridized carbons (Fsp3) is 0.125. The molecule has 0 unspecified atom stereocenters. The molecule has 1 heterocycles. The standard InChI is InChI=1S/C16H12BrClN2O2/c1-10(21)20-16(12-3-2-4-14(18)9-12)22-15(19-20)11-5-7-13(17)8-6-11/h2-9,16H,1H3/t16-/m0/s1. The van der Waals surface area contributed by atoms with Crippen LogP contribution in [0.15, 0.2) is 58.1 Å². The molecule has 1 aliphatic rings. The first-order valence-corrected chi connectivity index (χ1v) is 7.78. The Morgan fingerprint density at radius 1 is 1.27 bits per heavy atom. The van der Waals surface area contributed by atoms with Crippen LogP contribution in [-0.2, 0) is 9.53 Å². The summed E-state index contributed by atoms with van der Waals surface area (Å²) in [6.45, 7) is 1.45. The molecule has 1 aliphatic heterocycles. The summed E-state index contributed by atoms with van der Waals surface area (Å²) in [7, 11) is 0. The third-order valence-electron chi connectivity index (χ3n) is 3.19. The van der Waals surface area contributed by atoms with Gasteiger partial charge < -0.3 is 4.74 Å².